The number of rotatable bonds is 6. The van der Waals surface area contributed by atoms with E-state index in [0.29, 0.717) is 17.2 Å². The molecule has 1 fully saturated rings. The van der Waals surface area contributed by atoms with E-state index in [0.717, 1.165) is 25.9 Å². The number of alkyl carbamates (subject to hydrolysis) is 1. The minimum absolute atomic E-state index is 0.0656. The number of amides is 2. The first-order chi connectivity index (χ1) is 13.2. The van der Waals surface area contributed by atoms with Crippen LogP contribution in [0.5, 0.6) is 11.5 Å². The van der Waals surface area contributed by atoms with Crippen LogP contribution in [0, 0.1) is 0 Å². The summed E-state index contributed by atoms with van der Waals surface area (Å²) in [7, 11) is 3.13. The van der Waals surface area contributed by atoms with Crippen molar-refractivity contribution in [2.45, 2.75) is 45.3 Å². The fourth-order valence-electron chi connectivity index (χ4n) is 3.00. The van der Waals surface area contributed by atoms with Crippen LogP contribution in [0.15, 0.2) is 18.2 Å². The van der Waals surface area contributed by atoms with Gasteiger partial charge in [0.15, 0.2) is 0 Å². The fourth-order valence-corrected chi connectivity index (χ4v) is 3.00. The predicted octanol–water partition coefficient (Wildman–Crippen LogP) is 2.63. The standard InChI is InChI=1S/C20H31N3O5/c1-20(2,3)28-19(25)21-14-8-10-23(11-9-14)13-18(24)22-16-7-6-15(26-4)12-17(16)27-5/h6-7,12,14H,8-11,13H2,1-5H3,(H,21,25)(H,22,24). The molecule has 0 bridgehead atoms. The number of carbonyl (C=O) groups excluding carboxylic acids is 2. The number of hydrogen-bond acceptors (Lipinski definition) is 6. The Labute approximate surface area is 166 Å². The average Bonchev–Trinajstić information content (AvgIpc) is 2.62. The number of likely N-dealkylation sites (tertiary alicyclic amines) is 1. The number of anilines is 1. The zero-order valence-electron chi connectivity index (χ0n) is 17.3. The SMILES string of the molecule is COc1ccc(NC(=O)CN2CCC(NC(=O)OC(C)(C)C)CC2)c(OC)c1. The van der Waals surface area contributed by atoms with E-state index in [1.54, 1.807) is 32.4 Å². The molecule has 2 N–H and O–H groups in total. The number of nitrogens with zero attached hydrogens (tertiary/aromatic N) is 1. The quantitative estimate of drug-likeness (QED) is 0.772. The summed E-state index contributed by atoms with van der Waals surface area (Å²) in [4.78, 5) is 26.3. The molecule has 2 amide bonds. The van der Waals surface area contributed by atoms with Gasteiger partial charge in [0.25, 0.3) is 0 Å². The molecule has 1 aliphatic heterocycles. The molecule has 0 unspecified atom stereocenters. The third kappa shape index (κ3) is 6.92. The molecule has 0 aromatic heterocycles. The van der Waals surface area contributed by atoms with Gasteiger partial charge in [0.1, 0.15) is 17.1 Å². The number of piperidine rings is 1. The topological polar surface area (TPSA) is 89.1 Å². The second-order valence-corrected chi connectivity index (χ2v) is 7.81. The van der Waals surface area contributed by atoms with Gasteiger partial charge in [-0.05, 0) is 45.7 Å². The Bertz CT molecular complexity index is 679. The lowest BCUT2D eigenvalue weighted by atomic mass is 10.1. The summed E-state index contributed by atoms with van der Waals surface area (Å²) in [6, 6.07) is 5.32. The molecule has 8 heteroatoms. The molecule has 156 valence electrons. The van der Waals surface area contributed by atoms with E-state index >= 15 is 0 Å². The van der Waals surface area contributed by atoms with E-state index in [1.165, 1.54) is 0 Å². The molecule has 0 saturated carbocycles. The lowest BCUT2D eigenvalue weighted by Gasteiger charge is -2.32. The first-order valence-electron chi connectivity index (χ1n) is 9.44. The molecule has 0 radical (unpaired) electrons. The first kappa shape index (κ1) is 21.8. The summed E-state index contributed by atoms with van der Waals surface area (Å²) >= 11 is 0. The molecule has 8 nitrogen and oxygen atoms in total. The van der Waals surface area contributed by atoms with Gasteiger partial charge in [-0.2, -0.15) is 0 Å². The van der Waals surface area contributed by atoms with Gasteiger partial charge in [-0.15, -0.1) is 0 Å². The summed E-state index contributed by atoms with van der Waals surface area (Å²) in [6.45, 7) is 7.26. The number of hydrogen-bond donors (Lipinski definition) is 2. The average molecular weight is 393 g/mol. The maximum absolute atomic E-state index is 12.4. The highest BCUT2D eigenvalue weighted by molar-refractivity contribution is 5.93. The second kappa shape index (κ2) is 9.64. The number of nitrogens with one attached hydrogen (secondary N) is 2. The Morgan fingerprint density at radius 2 is 1.82 bits per heavy atom. The molecule has 28 heavy (non-hydrogen) atoms. The summed E-state index contributed by atoms with van der Waals surface area (Å²) in [5.74, 6) is 1.10. The minimum atomic E-state index is -0.509. The van der Waals surface area contributed by atoms with E-state index < -0.39 is 11.7 Å². The van der Waals surface area contributed by atoms with Crippen LogP contribution in [0.2, 0.25) is 0 Å². The van der Waals surface area contributed by atoms with Crippen molar-refractivity contribution >= 4 is 17.7 Å². The van der Waals surface area contributed by atoms with Gasteiger partial charge in [0.2, 0.25) is 5.91 Å². The molecule has 0 atom stereocenters. The third-order valence-corrected chi connectivity index (χ3v) is 4.36. The highest BCUT2D eigenvalue weighted by atomic mass is 16.6. The monoisotopic (exact) mass is 393 g/mol. The number of ether oxygens (including phenoxy) is 3. The molecule has 2 rings (SSSR count). The molecule has 1 heterocycles. The van der Waals surface area contributed by atoms with Gasteiger partial charge in [-0.25, -0.2) is 4.79 Å². The van der Waals surface area contributed by atoms with E-state index in [-0.39, 0.29) is 18.5 Å². The Kier molecular flexibility index (Phi) is 7.51. The Balaban J connectivity index is 1.78. The van der Waals surface area contributed by atoms with Crippen LogP contribution >= 0.6 is 0 Å². The van der Waals surface area contributed by atoms with Crippen LogP contribution in [-0.2, 0) is 9.53 Å². The van der Waals surface area contributed by atoms with Crippen molar-refractivity contribution in [3.8, 4) is 11.5 Å². The smallest absolute Gasteiger partial charge is 0.407 e. The minimum Gasteiger partial charge on any atom is -0.497 e. The molecular weight excluding hydrogens is 362 g/mol. The van der Waals surface area contributed by atoms with Crippen LogP contribution in [-0.4, -0.2) is 62.4 Å². The Hall–Kier alpha value is -2.48. The molecule has 1 saturated heterocycles. The van der Waals surface area contributed by atoms with Gasteiger partial charge in [-0.3, -0.25) is 9.69 Å². The maximum Gasteiger partial charge on any atom is 0.407 e. The summed E-state index contributed by atoms with van der Waals surface area (Å²) < 4.78 is 15.8. The van der Waals surface area contributed by atoms with Crippen molar-refractivity contribution in [3.63, 3.8) is 0 Å². The van der Waals surface area contributed by atoms with Crippen molar-refractivity contribution in [2.75, 3.05) is 39.2 Å². The van der Waals surface area contributed by atoms with Gasteiger partial charge in [0, 0.05) is 25.2 Å². The van der Waals surface area contributed by atoms with Gasteiger partial charge in [-0.1, -0.05) is 0 Å². The van der Waals surface area contributed by atoms with Crippen molar-refractivity contribution in [3.05, 3.63) is 18.2 Å². The third-order valence-electron chi connectivity index (χ3n) is 4.36. The van der Waals surface area contributed by atoms with Crippen molar-refractivity contribution in [2.24, 2.45) is 0 Å². The molecule has 1 aromatic rings. The van der Waals surface area contributed by atoms with Gasteiger partial charge < -0.3 is 24.8 Å². The van der Waals surface area contributed by atoms with E-state index in [4.69, 9.17) is 14.2 Å². The lowest BCUT2D eigenvalue weighted by Crippen LogP contribution is -2.47. The van der Waals surface area contributed by atoms with E-state index in [9.17, 15) is 9.59 Å². The molecule has 0 spiro atoms. The van der Waals surface area contributed by atoms with Crippen LogP contribution in [0.1, 0.15) is 33.6 Å². The highest BCUT2D eigenvalue weighted by Gasteiger charge is 2.24. The fraction of sp³-hybridized carbons (Fsp3) is 0.600. The predicted molar refractivity (Wildman–Crippen MR) is 107 cm³/mol. The van der Waals surface area contributed by atoms with Crippen LogP contribution < -0.4 is 20.1 Å². The van der Waals surface area contributed by atoms with Gasteiger partial charge in [0.05, 0.1) is 26.5 Å². The molecule has 1 aromatic carbocycles. The lowest BCUT2D eigenvalue weighted by molar-refractivity contribution is -0.117. The zero-order chi connectivity index (χ0) is 20.7. The first-order valence-corrected chi connectivity index (χ1v) is 9.44. The zero-order valence-corrected chi connectivity index (χ0v) is 17.3. The van der Waals surface area contributed by atoms with Crippen LogP contribution in [0.4, 0.5) is 10.5 Å². The Morgan fingerprint density at radius 3 is 2.39 bits per heavy atom. The van der Waals surface area contributed by atoms with Crippen molar-refractivity contribution < 1.29 is 23.8 Å². The number of carbonyl (C=O) groups is 2. The van der Waals surface area contributed by atoms with E-state index in [2.05, 4.69) is 15.5 Å². The number of methoxy groups -OCH3 is 2. The largest absolute Gasteiger partial charge is 0.497 e. The van der Waals surface area contributed by atoms with Crippen molar-refractivity contribution in [1.29, 1.82) is 0 Å². The number of benzene rings is 1. The molecule has 0 aliphatic carbocycles. The second-order valence-electron chi connectivity index (χ2n) is 7.81. The normalized spacial score (nSPS) is 15.6. The molecular formula is C20H31N3O5. The summed E-state index contributed by atoms with van der Waals surface area (Å²) in [5.41, 5.74) is 0.0977. The van der Waals surface area contributed by atoms with Crippen molar-refractivity contribution in [1.82, 2.24) is 10.2 Å². The molecule has 1 aliphatic rings. The van der Waals surface area contributed by atoms with E-state index in [1.807, 2.05) is 20.8 Å². The van der Waals surface area contributed by atoms with Crippen LogP contribution in [0.25, 0.3) is 0 Å². The summed E-state index contributed by atoms with van der Waals surface area (Å²) in [5, 5.41) is 5.78. The maximum atomic E-state index is 12.4. The van der Waals surface area contributed by atoms with Gasteiger partial charge >= 0.3 is 6.09 Å². The Morgan fingerprint density at radius 1 is 1.14 bits per heavy atom. The van der Waals surface area contributed by atoms with Crippen LogP contribution in [0.3, 0.4) is 0 Å². The highest BCUT2D eigenvalue weighted by Crippen LogP contribution is 2.29. The summed E-state index contributed by atoms with van der Waals surface area (Å²) in [6.07, 6.45) is 1.16.